The molecule has 0 spiro atoms. The molecule has 0 aliphatic heterocycles. The smallest absolute Gasteiger partial charge is 0.404 e. The van der Waals surface area contributed by atoms with Crippen molar-refractivity contribution in [1.82, 2.24) is 4.72 Å². The Bertz CT molecular complexity index is 956. The monoisotopic (exact) mass is 436 g/mol. The van der Waals surface area contributed by atoms with Crippen LogP contribution < -0.4 is 20.5 Å². The number of aliphatic imine (C=N–C) groups is 1. The number of anilines is 1. The van der Waals surface area contributed by atoms with Crippen molar-refractivity contribution < 1.29 is 26.3 Å². The lowest BCUT2D eigenvalue weighted by Crippen LogP contribution is -2.29. The molecule has 0 atom stereocenters. The first-order valence-electron chi connectivity index (χ1n) is 7.96. The zero-order valence-corrected chi connectivity index (χ0v) is 16.6. The van der Waals surface area contributed by atoms with E-state index >= 15 is 0 Å². The maximum atomic E-state index is 12.4. The number of aryl methyl sites for hydroxylation is 2. The van der Waals surface area contributed by atoms with E-state index < -0.39 is 22.1 Å². The highest BCUT2D eigenvalue weighted by atomic mass is 32.2. The van der Waals surface area contributed by atoms with Crippen LogP contribution in [-0.2, 0) is 10.0 Å². The topological polar surface area (TPSA) is 106 Å². The summed E-state index contributed by atoms with van der Waals surface area (Å²) in [6.07, 6.45) is -4.85. The number of benzene rings is 1. The van der Waals surface area contributed by atoms with Gasteiger partial charge in [0.05, 0.1) is 17.1 Å². The van der Waals surface area contributed by atoms with Gasteiger partial charge in [0.15, 0.2) is 11.7 Å². The minimum Gasteiger partial charge on any atom is -0.404 e. The molecule has 1 heterocycles. The molecule has 0 saturated heterocycles. The van der Waals surface area contributed by atoms with Crippen LogP contribution in [-0.4, -0.2) is 33.8 Å². The van der Waals surface area contributed by atoms with Crippen LogP contribution in [0.3, 0.4) is 0 Å². The van der Waals surface area contributed by atoms with Crippen LogP contribution in [0.4, 0.5) is 18.9 Å². The highest BCUT2D eigenvalue weighted by Gasteiger charge is 2.32. The second-order valence-electron chi connectivity index (χ2n) is 5.61. The van der Waals surface area contributed by atoms with Gasteiger partial charge in [-0.1, -0.05) is 12.1 Å². The summed E-state index contributed by atoms with van der Waals surface area (Å²) in [5.74, 6) is -0.642. The van der Waals surface area contributed by atoms with E-state index in [1.54, 1.807) is 13.0 Å². The molecule has 0 aliphatic carbocycles. The van der Waals surface area contributed by atoms with Crippen LogP contribution >= 0.6 is 11.3 Å². The summed E-state index contributed by atoms with van der Waals surface area (Å²) >= 11 is 1.38. The maximum Gasteiger partial charge on any atom is 0.573 e. The number of nitrogens with two attached hydrogens (primary N) is 1. The normalized spacial score (nSPS) is 12.8. The Hall–Kier alpha value is -2.31. The number of hydrogen-bond acceptors (Lipinski definition) is 5. The summed E-state index contributed by atoms with van der Waals surface area (Å²) in [6.45, 7) is 3.49. The second kappa shape index (κ2) is 8.80. The quantitative estimate of drug-likeness (QED) is 0.352. The van der Waals surface area contributed by atoms with Gasteiger partial charge in [-0.15, -0.1) is 24.5 Å². The molecular formula is C16H19F3N4O3S2. The first-order valence-corrected chi connectivity index (χ1v) is 10.3. The van der Waals surface area contributed by atoms with E-state index in [1.165, 1.54) is 29.5 Å². The number of sulfonamides is 1. The molecule has 0 bridgehead atoms. The minimum atomic E-state index is -4.85. The van der Waals surface area contributed by atoms with Gasteiger partial charge >= 0.3 is 6.36 Å². The van der Waals surface area contributed by atoms with Crippen molar-refractivity contribution in [2.45, 2.75) is 25.1 Å². The number of guanidine groups is 1. The van der Waals surface area contributed by atoms with Gasteiger partial charge in [-0.25, -0.2) is 13.1 Å². The van der Waals surface area contributed by atoms with E-state index in [9.17, 15) is 21.6 Å². The average molecular weight is 436 g/mol. The van der Waals surface area contributed by atoms with Gasteiger partial charge in [-0.2, -0.15) is 0 Å². The molecule has 7 nitrogen and oxygen atoms in total. The number of halogens is 3. The fraction of sp³-hybridized carbons (Fsp3) is 0.312. The lowest BCUT2D eigenvalue weighted by atomic mass is 10.3. The molecule has 0 amide bonds. The summed E-state index contributed by atoms with van der Waals surface area (Å²) in [7, 11) is -3.67. The molecule has 12 heteroatoms. The summed E-state index contributed by atoms with van der Waals surface area (Å²) in [6, 6.07) is 6.93. The first-order chi connectivity index (χ1) is 13.0. The van der Waals surface area contributed by atoms with Crippen LogP contribution in [0.5, 0.6) is 5.75 Å². The molecule has 1 aromatic carbocycles. The first kappa shape index (κ1) is 22.0. The molecule has 28 heavy (non-hydrogen) atoms. The second-order valence-corrected chi connectivity index (χ2v) is 8.81. The van der Waals surface area contributed by atoms with Crippen LogP contribution in [0.15, 0.2) is 40.2 Å². The minimum absolute atomic E-state index is 0.0114. The zero-order chi connectivity index (χ0) is 20.9. The standard InChI is InChI=1S/C16H19F3N4O3S2/c1-10-9-14(11(2)27-10)28(24,25)22-8-7-21-15(20)23-12-5-3-4-6-13(12)26-16(17,18)19/h3-6,9,22H,7-8H2,1-2H3,(H3,20,21,23). The Labute approximate surface area is 164 Å². The van der Waals surface area contributed by atoms with Crippen molar-refractivity contribution in [1.29, 1.82) is 0 Å². The van der Waals surface area contributed by atoms with Gasteiger partial charge in [0.25, 0.3) is 0 Å². The molecule has 4 N–H and O–H groups in total. The van der Waals surface area contributed by atoms with Gasteiger partial charge in [-0.3, -0.25) is 4.99 Å². The van der Waals surface area contributed by atoms with Crippen LogP contribution in [0, 0.1) is 13.8 Å². The van der Waals surface area contributed by atoms with E-state index in [2.05, 4.69) is 19.8 Å². The third-order valence-corrected chi connectivity index (χ3v) is 6.03. The average Bonchev–Trinajstić information content (AvgIpc) is 2.91. The van der Waals surface area contributed by atoms with E-state index in [0.29, 0.717) is 4.88 Å². The Morgan fingerprint density at radius 3 is 2.57 bits per heavy atom. The Morgan fingerprint density at radius 2 is 1.96 bits per heavy atom. The lowest BCUT2D eigenvalue weighted by Gasteiger charge is -2.14. The molecule has 2 aromatic rings. The molecule has 0 radical (unpaired) electrons. The Balaban J connectivity index is 1.94. The molecule has 154 valence electrons. The summed E-state index contributed by atoms with van der Waals surface area (Å²) in [5, 5.41) is 2.50. The van der Waals surface area contributed by atoms with Crippen molar-refractivity contribution >= 4 is 33.0 Å². The van der Waals surface area contributed by atoms with Gasteiger partial charge in [0, 0.05) is 16.3 Å². The summed E-state index contributed by atoms with van der Waals surface area (Å²) in [5.41, 5.74) is 5.63. The van der Waals surface area contributed by atoms with Gasteiger partial charge in [0.2, 0.25) is 10.0 Å². The van der Waals surface area contributed by atoms with Crippen LogP contribution in [0.2, 0.25) is 0 Å². The zero-order valence-electron chi connectivity index (χ0n) is 15.0. The van der Waals surface area contributed by atoms with Crippen molar-refractivity contribution in [2.24, 2.45) is 10.7 Å². The van der Waals surface area contributed by atoms with Crippen LogP contribution in [0.1, 0.15) is 9.75 Å². The highest BCUT2D eigenvalue weighted by Crippen LogP contribution is 2.29. The van der Waals surface area contributed by atoms with Crippen LogP contribution in [0.25, 0.3) is 0 Å². The fourth-order valence-corrected chi connectivity index (χ4v) is 4.84. The number of rotatable bonds is 7. The summed E-state index contributed by atoms with van der Waals surface area (Å²) in [4.78, 5) is 5.67. The van der Waals surface area contributed by atoms with E-state index in [-0.39, 0.29) is 29.6 Å². The number of alkyl halides is 3. The van der Waals surface area contributed by atoms with Gasteiger partial charge < -0.3 is 15.8 Å². The third-order valence-electron chi connectivity index (χ3n) is 3.35. The molecular weight excluding hydrogens is 417 g/mol. The van der Waals surface area contributed by atoms with E-state index in [4.69, 9.17) is 5.73 Å². The third kappa shape index (κ3) is 6.39. The van der Waals surface area contributed by atoms with Crippen molar-refractivity contribution in [3.63, 3.8) is 0 Å². The van der Waals surface area contributed by atoms with E-state index in [1.807, 2.05) is 6.92 Å². The lowest BCUT2D eigenvalue weighted by molar-refractivity contribution is -0.274. The molecule has 0 unspecified atom stereocenters. The Morgan fingerprint density at radius 1 is 1.29 bits per heavy atom. The maximum absolute atomic E-state index is 12.4. The number of ether oxygens (including phenoxy) is 1. The SMILES string of the molecule is Cc1cc(S(=O)(=O)NCCN=C(N)Nc2ccccc2OC(F)(F)F)c(C)s1. The van der Waals surface area contributed by atoms with Crippen molar-refractivity contribution in [2.75, 3.05) is 18.4 Å². The van der Waals surface area contributed by atoms with Gasteiger partial charge in [0.1, 0.15) is 0 Å². The Kier molecular flexibility index (Phi) is 6.91. The fourth-order valence-electron chi connectivity index (χ4n) is 2.27. The molecule has 2 rings (SSSR count). The van der Waals surface area contributed by atoms with Gasteiger partial charge in [-0.05, 0) is 32.0 Å². The molecule has 1 aromatic heterocycles. The van der Waals surface area contributed by atoms with Crippen molar-refractivity contribution in [3.8, 4) is 5.75 Å². The number of hydrogen-bond donors (Lipinski definition) is 3. The number of para-hydroxylation sites is 2. The highest BCUT2D eigenvalue weighted by molar-refractivity contribution is 7.89. The number of nitrogens with one attached hydrogen (secondary N) is 2. The molecule has 0 fully saturated rings. The predicted octanol–water partition coefficient (Wildman–Crippen LogP) is 2.97. The molecule has 0 aliphatic rings. The predicted molar refractivity (Wildman–Crippen MR) is 102 cm³/mol. The largest absolute Gasteiger partial charge is 0.573 e. The molecule has 0 saturated carbocycles. The number of thiophene rings is 1. The van der Waals surface area contributed by atoms with E-state index in [0.717, 1.165) is 10.9 Å². The number of nitrogens with zero attached hydrogens (tertiary/aromatic N) is 1. The van der Waals surface area contributed by atoms with Crippen molar-refractivity contribution in [3.05, 3.63) is 40.1 Å². The summed E-state index contributed by atoms with van der Waals surface area (Å²) < 4.78 is 68.1.